The second kappa shape index (κ2) is 5.21. The smallest absolute Gasteiger partial charge is 0.327 e. The van der Waals surface area contributed by atoms with Gasteiger partial charge in [-0.1, -0.05) is 6.08 Å². The Labute approximate surface area is 83.9 Å². The maximum atomic E-state index is 11.6. The third-order valence-electron chi connectivity index (χ3n) is 1.95. The van der Waals surface area contributed by atoms with Crippen molar-refractivity contribution in [3.05, 3.63) is 31.4 Å². The van der Waals surface area contributed by atoms with Crippen LogP contribution in [0, 0.1) is 0 Å². The van der Waals surface area contributed by atoms with Crippen molar-refractivity contribution >= 4 is 6.03 Å². The van der Waals surface area contributed by atoms with Crippen molar-refractivity contribution in [2.75, 3.05) is 13.6 Å². The number of hydrogen-bond donors (Lipinski definition) is 0. The van der Waals surface area contributed by atoms with Crippen LogP contribution < -0.4 is 0 Å². The third kappa shape index (κ3) is 2.73. The molecular formula is C10H15N3O. The molecule has 1 amide bonds. The Morgan fingerprint density at radius 1 is 1.71 bits per heavy atom. The van der Waals surface area contributed by atoms with Crippen molar-refractivity contribution in [2.24, 2.45) is 0 Å². The van der Waals surface area contributed by atoms with Gasteiger partial charge in [-0.05, 0) is 12.8 Å². The van der Waals surface area contributed by atoms with Gasteiger partial charge in [0, 0.05) is 26.0 Å². The van der Waals surface area contributed by atoms with E-state index in [4.69, 9.17) is 0 Å². The summed E-state index contributed by atoms with van der Waals surface area (Å²) < 4.78 is 1.47. The molecule has 0 aliphatic rings. The van der Waals surface area contributed by atoms with E-state index < -0.39 is 0 Å². The summed E-state index contributed by atoms with van der Waals surface area (Å²) in [5.41, 5.74) is 0. The summed E-state index contributed by atoms with van der Waals surface area (Å²) >= 11 is 0. The van der Waals surface area contributed by atoms with Gasteiger partial charge >= 0.3 is 6.03 Å². The molecule has 1 aromatic heterocycles. The first-order chi connectivity index (χ1) is 6.75. The topological polar surface area (TPSA) is 38.1 Å². The highest BCUT2D eigenvalue weighted by Crippen LogP contribution is 1.97. The molecule has 0 atom stereocenters. The minimum Gasteiger partial charge on any atom is -0.327 e. The fraction of sp³-hybridized carbons (Fsp3) is 0.400. The number of carbonyl (C=O) groups is 1. The molecule has 0 saturated carbocycles. The molecule has 0 aliphatic heterocycles. The van der Waals surface area contributed by atoms with Crippen molar-refractivity contribution in [3.8, 4) is 0 Å². The van der Waals surface area contributed by atoms with Gasteiger partial charge in [-0.2, -0.15) is 0 Å². The normalized spacial score (nSPS) is 9.79. The van der Waals surface area contributed by atoms with Crippen molar-refractivity contribution < 1.29 is 4.79 Å². The van der Waals surface area contributed by atoms with E-state index in [0.29, 0.717) is 0 Å². The number of unbranched alkanes of at least 4 members (excludes halogenated alkanes) is 1. The Bertz CT molecular complexity index is 292. The second-order valence-corrected chi connectivity index (χ2v) is 3.10. The van der Waals surface area contributed by atoms with Gasteiger partial charge in [-0.15, -0.1) is 6.58 Å². The zero-order chi connectivity index (χ0) is 10.4. The van der Waals surface area contributed by atoms with Gasteiger partial charge in [0.05, 0.1) is 0 Å². The van der Waals surface area contributed by atoms with Gasteiger partial charge in [0.25, 0.3) is 0 Å². The molecule has 1 aromatic rings. The first kappa shape index (κ1) is 10.5. The lowest BCUT2D eigenvalue weighted by atomic mass is 10.3. The summed E-state index contributed by atoms with van der Waals surface area (Å²) in [4.78, 5) is 17.1. The molecule has 0 fully saturated rings. The molecule has 0 bridgehead atoms. The van der Waals surface area contributed by atoms with Gasteiger partial charge in [0.15, 0.2) is 0 Å². The lowest BCUT2D eigenvalue weighted by Crippen LogP contribution is -2.31. The lowest BCUT2D eigenvalue weighted by molar-refractivity contribution is 0.210. The van der Waals surface area contributed by atoms with Crippen LogP contribution in [0.3, 0.4) is 0 Å². The van der Waals surface area contributed by atoms with Crippen LogP contribution in [0.2, 0.25) is 0 Å². The SMILES string of the molecule is C=CCCCN(C)C(=O)n1ccnc1. The van der Waals surface area contributed by atoms with E-state index in [1.54, 1.807) is 24.3 Å². The highest BCUT2D eigenvalue weighted by Gasteiger charge is 2.08. The highest BCUT2D eigenvalue weighted by molar-refractivity contribution is 5.76. The van der Waals surface area contributed by atoms with Crippen LogP contribution in [0.4, 0.5) is 4.79 Å². The maximum absolute atomic E-state index is 11.6. The van der Waals surface area contributed by atoms with Crippen LogP contribution in [0.1, 0.15) is 12.8 Å². The average molecular weight is 193 g/mol. The lowest BCUT2D eigenvalue weighted by Gasteiger charge is -2.16. The Hall–Kier alpha value is -1.58. The fourth-order valence-electron chi connectivity index (χ4n) is 1.14. The standard InChI is InChI=1S/C10H15N3O/c1-3-4-5-7-12(2)10(14)13-8-6-11-9-13/h3,6,8-9H,1,4-5,7H2,2H3. The first-order valence-corrected chi connectivity index (χ1v) is 4.60. The van der Waals surface area contributed by atoms with Crippen LogP contribution in [0.15, 0.2) is 31.4 Å². The Morgan fingerprint density at radius 2 is 2.50 bits per heavy atom. The second-order valence-electron chi connectivity index (χ2n) is 3.10. The van der Waals surface area contributed by atoms with E-state index in [1.165, 1.54) is 10.9 Å². The summed E-state index contributed by atoms with van der Waals surface area (Å²) in [7, 11) is 1.78. The van der Waals surface area contributed by atoms with E-state index in [9.17, 15) is 4.79 Å². The first-order valence-electron chi connectivity index (χ1n) is 4.60. The van der Waals surface area contributed by atoms with Gasteiger partial charge < -0.3 is 4.90 Å². The van der Waals surface area contributed by atoms with Crippen LogP contribution in [-0.2, 0) is 0 Å². The van der Waals surface area contributed by atoms with Crippen LogP contribution >= 0.6 is 0 Å². The predicted molar refractivity (Wildman–Crippen MR) is 55.1 cm³/mol. The fourth-order valence-corrected chi connectivity index (χ4v) is 1.14. The van der Waals surface area contributed by atoms with E-state index >= 15 is 0 Å². The zero-order valence-electron chi connectivity index (χ0n) is 8.39. The van der Waals surface area contributed by atoms with E-state index in [2.05, 4.69) is 11.6 Å². The molecule has 4 heteroatoms. The number of hydrogen-bond acceptors (Lipinski definition) is 2. The monoisotopic (exact) mass is 193 g/mol. The molecule has 0 aromatic carbocycles. The number of amides is 1. The van der Waals surface area contributed by atoms with Gasteiger partial charge in [-0.3, -0.25) is 4.57 Å². The molecular weight excluding hydrogens is 178 g/mol. The number of nitrogens with zero attached hydrogens (tertiary/aromatic N) is 3. The summed E-state index contributed by atoms with van der Waals surface area (Å²) in [6.07, 6.45) is 8.48. The molecule has 0 saturated heterocycles. The minimum atomic E-state index is -0.0495. The Morgan fingerprint density at radius 3 is 3.07 bits per heavy atom. The van der Waals surface area contributed by atoms with E-state index in [1.807, 2.05) is 6.08 Å². The van der Waals surface area contributed by atoms with Crippen molar-refractivity contribution in [1.82, 2.24) is 14.5 Å². The number of allylic oxidation sites excluding steroid dienone is 1. The Kier molecular flexibility index (Phi) is 3.91. The molecule has 76 valence electrons. The molecule has 0 spiro atoms. The number of carbonyl (C=O) groups excluding carboxylic acids is 1. The Balaban J connectivity index is 2.41. The summed E-state index contributed by atoms with van der Waals surface area (Å²) in [6, 6.07) is -0.0495. The molecule has 0 N–H and O–H groups in total. The van der Waals surface area contributed by atoms with Gasteiger partial charge in [0.1, 0.15) is 6.33 Å². The van der Waals surface area contributed by atoms with Gasteiger partial charge in [0.2, 0.25) is 0 Å². The largest absolute Gasteiger partial charge is 0.329 e. The third-order valence-corrected chi connectivity index (χ3v) is 1.95. The molecule has 14 heavy (non-hydrogen) atoms. The highest BCUT2D eigenvalue weighted by atomic mass is 16.2. The summed E-state index contributed by atoms with van der Waals surface area (Å²) in [6.45, 7) is 4.37. The number of rotatable bonds is 4. The molecule has 0 radical (unpaired) electrons. The minimum absolute atomic E-state index is 0.0495. The number of imidazole rings is 1. The maximum Gasteiger partial charge on any atom is 0.329 e. The van der Waals surface area contributed by atoms with E-state index in [-0.39, 0.29) is 6.03 Å². The molecule has 1 heterocycles. The average Bonchev–Trinajstić information content (AvgIpc) is 2.69. The number of aromatic nitrogens is 2. The molecule has 0 aliphatic carbocycles. The molecule has 1 rings (SSSR count). The predicted octanol–water partition coefficient (Wildman–Crippen LogP) is 1.75. The van der Waals surface area contributed by atoms with Gasteiger partial charge in [-0.25, -0.2) is 9.78 Å². The van der Waals surface area contributed by atoms with Crippen molar-refractivity contribution in [3.63, 3.8) is 0 Å². The van der Waals surface area contributed by atoms with Crippen molar-refractivity contribution in [2.45, 2.75) is 12.8 Å². The quantitative estimate of drug-likeness (QED) is 0.539. The van der Waals surface area contributed by atoms with Crippen LogP contribution in [0.25, 0.3) is 0 Å². The van der Waals surface area contributed by atoms with Crippen molar-refractivity contribution in [1.29, 1.82) is 0 Å². The van der Waals surface area contributed by atoms with Crippen LogP contribution in [-0.4, -0.2) is 34.1 Å². The van der Waals surface area contributed by atoms with Crippen LogP contribution in [0.5, 0.6) is 0 Å². The van der Waals surface area contributed by atoms with E-state index in [0.717, 1.165) is 19.4 Å². The zero-order valence-corrected chi connectivity index (χ0v) is 8.39. The summed E-state index contributed by atoms with van der Waals surface area (Å²) in [5, 5.41) is 0. The molecule has 4 nitrogen and oxygen atoms in total. The summed E-state index contributed by atoms with van der Waals surface area (Å²) in [5.74, 6) is 0. The molecule has 0 unspecified atom stereocenters.